The number of esters is 1. The molecule has 0 radical (unpaired) electrons. The number of hydrogen-bond donors (Lipinski definition) is 1. The smallest absolute Gasteiger partial charge is 0.350 e. The van der Waals surface area contributed by atoms with Gasteiger partial charge in [-0.25, -0.2) is 9.78 Å². The molecule has 0 bridgehead atoms. The molecule has 0 saturated heterocycles. The number of thiazole rings is 1. The number of nitrogens with zero attached hydrogens (tertiary/aromatic N) is 1. The first-order chi connectivity index (χ1) is 15.5. The van der Waals surface area contributed by atoms with Crippen LogP contribution in [0.25, 0.3) is 11.3 Å². The quantitative estimate of drug-likeness (QED) is 0.265. The fourth-order valence-corrected chi connectivity index (χ4v) is 3.79. The number of rotatable bonds is 10. The molecule has 0 aliphatic heterocycles. The highest BCUT2D eigenvalue weighted by Gasteiger charge is 2.21. The highest BCUT2D eigenvalue weighted by atomic mass is 32.1. The van der Waals surface area contributed by atoms with E-state index in [2.05, 4.69) is 10.3 Å². The van der Waals surface area contributed by atoms with Crippen molar-refractivity contribution in [3.63, 3.8) is 0 Å². The molecule has 8 heteroatoms. The third-order valence-electron chi connectivity index (χ3n) is 4.46. The minimum absolute atomic E-state index is 0.00283. The summed E-state index contributed by atoms with van der Waals surface area (Å²) in [4.78, 5) is 40.8. The second-order valence-corrected chi connectivity index (χ2v) is 7.86. The number of carbonyl (C=O) groups is 3. The van der Waals surface area contributed by atoms with Crippen LogP contribution in [0.3, 0.4) is 0 Å². The molecule has 0 spiro atoms. The van der Waals surface area contributed by atoms with Gasteiger partial charge in [0.15, 0.2) is 10.9 Å². The van der Waals surface area contributed by atoms with Crippen molar-refractivity contribution in [1.29, 1.82) is 0 Å². The predicted octanol–water partition coefficient (Wildman–Crippen LogP) is 4.99. The average molecular weight is 453 g/mol. The van der Waals surface area contributed by atoms with Gasteiger partial charge in [-0.1, -0.05) is 41.7 Å². The van der Waals surface area contributed by atoms with E-state index < -0.39 is 5.97 Å². The molecule has 0 unspecified atom stereocenters. The van der Waals surface area contributed by atoms with E-state index in [1.807, 2.05) is 30.3 Å². The van der Waals surface area contributed by atoms with E-state index >= 15 is 0 Å². The van der Waals surface area contributed by atoms with Crippen LogP contribution in [0.4, 0.5) is 5.13 Å². The molecule has 1 heterocycles. The minimum atomic E-state index is -0.464. The summed E-state index contributed by atoms with van der Waals surface area (Å²) in [6, 6.07) is 16.2. The monoisotopic (exact) mass is 452 g/mol. The number of ketones is 1. The van der Waals surface area contributed by atoms with Gasteiger partial charge in [0.1, 0.15) is 10.6 Å². The molecule has 1 aromatic heterocycles. The molecule has 1 amide bonds. The first kappa shape index (κ1) is 23.1. The summed E-state index contributed by atoms with van der Waals surface area (Å²) >= 11 is 1.09. The highest BCUT2D eigenvalue weighted by Crippen LogP contribution is 2.32. The van der Waals surface area contributed by atoms with Crippen LogP contribution < -0.4 is 10.1 Å². The van der Waals surface area contributed by atoms with Crippen LogP contribution in [0.2, 0.25) is 0 Å². The van der Waals surface area contributed by atoms with Gasteiger partial charge in [0.25, 0.3) is 0 Å². The fraction of sp³-hybridized carbons (Fsp3) is 0.250. The zero-order chi connectivity index (χ0) is 22.9. The first-order valence-electron chi connectivity index (χ1n) is 10.2. The van der Waals surface area contributed by atoms with E-state index in [9.17, 15) is 14.4 Å². The second-order valence-electron chi connectivity index (χ2n) is 6.86. The topological polar surface area (TPSA) is 94.6 Å². The Kier molecular flexibility index (Phi) is 8.10. The zero-order valence-corrected chi connectivity index (χ0v) is 18.7. The van der Waals surface area contributed by atoms with Gasteiger partial charge < -0.3 is 14.8 Å². The third-order valence-corrected chi connectivity index (χ3v) is 5.41. The molecule has 2 aromatic carbocycles. The Morgan fingerprint density at radius 3 is 2.41 bits per heavy atom. The van der Waals surface area contributed by atoms with Crippen LogP contribution >= 0.6 is 11.3 Å². The predicted molar refractivity (Wildman–Crippen MR) is 123 cm³/mol. The molecule has 0 atom stereocenters. The Labute approximate surface area is 190 Å². The molecule has 0 saturated carbocycles. The van der Waals surface area contributed by atoms with E-state index in [0.29, 0.717) is 40.0 Å². The number of ether oxygens (including phenoxy) is 2. The molecule has 3 rings (SSSR count). The molecule has 7 nitrogen and oxygen atoms in total. The van der Waals surface area contributed by atoms with Crippen molar-refractivity contribution >= 4 is 34.1 Å². The maximum atomic E-state index is 12.3. The van der Waals surface area contributed by atoms with Crippen LogP contribution in [0.5, 0.6) is 5.75 Å². The summed E-state index contributed by atoms with van der Waals surface area (Å²) in [5.74, 6) is -0.0447. The minimum Gasteiger partial charge on any atom is -0.494 e. The number of aromatic nitrogens is 1. The van der Waals surface area contributed by atoms with E-state index in [4.69, 9.17) is 9.47 Å². The van der Waals surface area contributed by atoms with Crippen LogP contribution in [0, 0.1) is 0 Å². The molecule has 1 N–H and O–H groups in total. The molecule has 3 aromatic rings. The average Bonchev–Trinajstić information content (AvgIpc) is 3.21. The number of Topliss-reactive ketones (excluding diaryl/α,β-unsaturated/α-hetero) is 1. The van der Waals surface area contributed by atoms with Gasteiger partial charge in [-0.05, 0) is 44.5 Å². The Morgan fingerprint density at radius 1 is 1.03 bits per heavy atom. The summed E-state index contributed by atoms with van der Waals surface area (Å²) in [5, 5.41) is 3.10. The van der Waals surface area contributed by atoms with Crippen LogP contribution in [0.15, 0.2) is 54.6 Å². The summed E-state index contributed by atoms with van der Waals surface area (Å²) in [6.45, 7) is 3.86. The normalized spacial score (nSPS) is 10.4. The van der Waals surface area contributed by atoms with Crippen molar-refractivity contribution in [2.24, 2.45) is 0 Å². The molecule has 166 valence electrons. The van der Waals surface area contributed by atoms with Crippen LogP contribution in [0.1, 0.15) is 46.7 Å². The molecule has 0 fully saturated rings. The lowest BCUT2D eigenvalue weighted by molar-refractivity contribution is -0.116. The van der Waals surface area contributed by atoms with Crippen molar-refractivity contribution in [2.45, 2.75) is 26.7 Å². The lowest BCUT2D eigenvalue weighted by Crippen LogP contribution is -2.12. The summed E-state index contributed by atoms with van der Waals surface area (Å²) in [5.41, 5.74) is 1.88. The molecule has 0 aliphatic carbocycles. The molecule has 32 heavy (non-hydrogen) atoms. The van der Waals surface area contributed by atoms with Crippen molar-refractivity contribution in [3.8, 4) is 17.0 Å². The van der Waals surface area contributed by atoms with Gasteiger partial charge in [-0.2, -0.15) is 0 Å². The van der Waals surface area contributed by atoms with E-state index in [1.165, 1.54) is 6.92 Å². The van der Waals surface area contributed by atoms with Crippen LogP contribution in [-0.2, 0) is 9.53 Å². The van der Waals surface area contributed by atoms with Crippen molar-refractivity contribution in [2.75, 3.05) is 18.5 Å². The van der Waals surface area contributed by atoms with Crippen molar-refractivity contribution in [1.82, 2.24) is 4.98 Å². The van der Waals surface area contributed by atoms with Gasteiger partial charge in [-0.3, -0.25) is 9.59 Å². The number of anilines is 1. The Morgan fingerprint density at radius 2 is 1.75 bits per heavy atom. The summed E-state index contributed by atoms with van der Waals surface area (Å²) in [7, 11) is 0. The van der Waals surface area contributed by atoms with E-state index in [1.54, 1.807) is 31.2 Å². The van der Waals surface area contributed by atoms with Crippen molar-refractivity contribution in [3.05, 3.63) is 65.0 Å². The molecule has 0 aliphatic rings. The number of amides is 1. The zero-order valence-electron chi connectivity index (χ0n) is 17.9. The maximum Gasteiger partial charge on any atom is 0.350 e. The largest absolute Gasteiger partial charge is 0.494 e. The van der Waals surface area contributed by atoms with Gasteiger partial charge in [0.05, 0.1) is 18.9 Å². The van der Waals surface area contributed by atoms with Gasteiger partial charge in [0, 0.05) is 17.5 Å². The standard InChI is InChI=1S/C24H24N2O5S/c1-3-30-23(29)22-21(18-8-5-4-6-9-18)26-24(32-22)25-20(28)10-7-15-31-19-13-11-17(12-14-19)16(2)27/h4-6,8-9,11-14H,3,7,10,15H2,1-2H3,(H,25,26,28). The van der Waals surface area contributed by atoms with Gasteiger partial charge >= 0.3 is 5.97 Å². The third kappa shape index (κ3) is 6.24. The molecular formula is C24H24N2O5S. The maximum absolute atomic E-state index is 12.3. The summed E-state index contributed by atoms with van der Waals surface area (Å²) in [6.07, 6.45) is 0.739. The van der Waals surface area contributed by atoms with E-state index in [-0.39, 0.29) is 24.7 Å². The Bertz CT molecular complexity index is 1080. The van der Waals surface area contributed by atoms with Gasteiger partial charge in [0.2, 0.25) is 5.91 Å². The lowest BCUT2D eigenvalue weighted by Gasteiger charge is -2.06. The second kappa shape index (κ2) is 11.2. The summed E-state index contributed by atoms with van der Waals surface area (Å²) < 4.78 is 10.7. The van der Waals surface area contributed by atoms with E-state index in [0.717, 1.165) is 16.9 Å². The lowest BCUT2D eigenvalue weighted by atomic mass is 10.1. The SMILES string of the molecule is CCOC(=O)c1sc(NC(=O)CCCOc2ccc(C(C)=O)cc2)nc1-c1ccccc1. The van der Waals surface area contributed by atoms with Crippen molar-refractivity contribution < 1.29 is 23.9 Å². The number of hydrogen-bond acceptors (Lipinski definition) is 7. The first-order valence-corrected chi connectivity index (χ1v) is 11.1. The Hall–Kier alpha value is -3.52. The fourth-order valence-electron chi connectivity index (χ4n) is 2.89. The highest BCUT2D eigenvalue weighted by molar-refractivity contribution is 7.18. The Balaban J connectivity index is 1.56. The molecular weight excluding hydrogens is 428 g/mol. The van der Waals surface area contributed by atoms with Gasteiger partial charge in [-0.15, -0.1) is 0 Å². The number of benzene rings is 2. The number of nitrogens with one attached hydrogen (secondary N) is 1. The van der Waals surface area contributed by atoms with Crippen LogP contribution in [-0.4, -0.2) is 35.9 Å². The number of carbonyl (C=O) groups excluding carboxylic acids is 3.